The average Bonchev–Trinajstić information content (AvgIpc) is 3.42. The highest BCUT2D eigenvalue weighted by molar-refractivity contribution is 5.83. The van der Waals surface area contributed by atoms with Crippen molar-refractivity contribution in [1.82, 2.24) is 29.9 Å². The number of benzene rings is 8. The van der Waals surface area contributed by atoms with Gasteiger partial charge in [0, 0.05) is 45.8 Å². The molecule has 0 amide bonds. The van der Waals surface area contributed by atoms with Crippen LogP contribution in [0.1, 0.15) is 0 Å². The van der Waals surface area contributed by atoms with E-state index in [0.717, 1.165) is 83.7 Å². The molecule has 0 spiro atoms. The minimum atomic E-state index is 0.619. The van der Waals surface area contributed by atoms with Crippen molar-refractivity contribution in [2.45, 2.75) is 0 Å². The predicted octanol–water partition coefficient (Wildman–Crippen LogP) is 14.7. The van der Waals surface area contributed by atoms with Gasteiger partial charge in [0.25, 0.3) is 0 Å². The lowest BCUT2D eigenvalue weighted by molar-refractivity contribution is 1.07. The molecule has 3 heterocycles. The van der Waals surface area contributed by atoms with E-state index in [2.05, 4.69) is 151 Å². The maximum Gasteiger partial charge on any atom is 0.164 e. The Morgan fingerprint density at radius 1 is 0.182 bits per heavy atom. The van der Waals surface area contributed by atoms with E-state index in [0.29, 0.717) is 23.3 Å². The molecule has 0 saturated heterocycles. The Balaban J connectivity index is 0.942. The van der Waals surface area contributed by atoms with Crippen LogP contribution < -0.4 is 0 Å². The molecule has 0 aliphatic carbocycles. The van der Waals surface area contributed by atoms with Gasteiger partial charge in [-0.1, -0.05) is 194 Å². The molecular weight excluding hydrogens is 805 g/mol. The molecule has 6 heteroatoms. The van der Waals surface area contributed by atoms with Crippen molar-refractivity contribution in [1.29, 1.82) is 0 Å². The first-order valence-corrected chi connectivity index (χ1v) is 21.9. The van der Waals surface area contributed by atoms with Gasteiger partial charge >= 0.3 is 0 Å². The van der Waals surface area contributed by atoms with Crippen LogP contribution in [0.2, 0.25) is 0 Å². The van der Waals surface area contributed by atoms with Gasteiger partial charge in [0.2, 0.25) is 0 Å². The number of nitrogens with zero attached hydrogens (tertiary/aromatic N) is 6. The first-order chi connectivity index (χ1) is 32.7. The summed E-state index contributed by atoms with van der Waals surface area (Å²) in [5.41, 5.74) is 16.4. The van der Waals surface area contributed by atoms with Crippen molar-refractivity contribution < 1.29 is 0 Å². The molecule has 11 rings (SSSR count). The van der Waals surface area contributed by atoms with E-state index in [-0.39, 0.29) is 0 Å². The maximum atomic E-state index is 5.11. The number of hydrogen-bond acceptors (Lipinski definition) is 6. The van der Waals surface area contributed by atoms with E-state index in [1.807, 2.05) is 97.3 Å². The Bertz CT molecular complexity index is 3340. The Labute approximate surface area is 383 Å². The number of aromatic nitrogens is 6. The fourth-order valence-corrected chi connectivity index (χ4v) is 8.18. The second-order valence-electron chi connectivity index (χ2n) is 16.0. The summed E-state index contributed by atoms with van der Waals surface area (Å²) in [6, 6.07) is 79.4. The van der Waals surface area contributed by atoms with Crippen LogP contribution in [0.5, 0.6) is 0 Å². The molecule has 6 nitrogen and oxygen atoms in total. The molecule has 66 heavy (non-hydrogen) atoms. The van der Waals surface area contributed by atoms with Gasteiger partial charge in [-0.25, -0.2) is 24.9 Å². The molecule has 0 bridgehead atoms. The standard InChI is InChI=1S/C60H40N6/c1-5-13-41(14-6-1)42-21-27-46(28-22-42)55-40-56(63-57(62-55)48-15-7-2-8-16-48)47-29-23-43(24-30-47)52-37-53(39-54(38-52)45-33-35-61-36-34-45)44-25-31-51(32-26-44)60-65-58(49-17-9-3-10-18-49)64-59(66-60)50-19-11-4-12-20-50/h1-40H. The largest absolute Gasteiger partial charge is 0.265 e. The molecule has 0 aliphatic rings. The third-order valence-electron chi connectivity index (χ3n) is 11.7. The Kier molecular flexibility index (Phi) is 10.9. The normalized spacial score (nSPS) is 11.0. The Morgan fingerprint density at radius 3 is 0.818 bits per heavy atom. The fourth-order valence-electron chi connectivity index (χ4n) is 8.18. The van der Waals surface area contributed by atoms with Gasteiger partial charge in [0.1, 0.15) is 0 Å². The third kappa shape index (κ3) is 8.54. The summed E-state index contributed by atoms with van der Waals surface area (Å²) in [5, 5.41) is 0. The van der Waals surface area contributed by atoms with E-state index >= 15 is 0 Å². The highest BCUT2D eigenvalue weighted by Gasteiger charge is 2.15. The van der Waals surface area contributed by atoms with Crippen LogP contribution in [0.3, 0.4) is 0 Å². The van der Waals surface area contributed by atoms with Crippen LogP contribution in [-0.4, -0.2) is 29.9 Å². The molecule has 0 aliphatic heterocycles. The smallest absolute Gasteiger partial charge is 0.164 e. The van der Waals surface area contributed by atoms with Crippen LogP contribution in [0.15, 0.2) is 243 Å². The van der Waals surface area contributed by atoms with Crippen LogP contribution in [0, 0.1) is 0 Å². The van der Waals surface area contributed by atoms with E-state index < -0.39 is 0 Å². The van der Waals surface area contributed by atoms with Gasteiger partial charge in [0.15, 0.2) is 23.3 Å². The maximum absolute atomic E-state index is 5.11. The third-order valence-corrected chi connectivity index (χ3v) is 11.7. The van der Waals surface area contributed by atoms with Crippen molar-refractivity contribution in [3.05, 3.63) is 243 Å². The molecule has 0 radical (unpaired) electrons. The summed E-state index contributed by atoms with van der Waals surface area (Å²) in [6.07, 6.45) is 3.68. The highest BCUT2D eigenvalue weighted by atomic mass is 15.0. The van der Waals surface area contributed by atoms with Gasteiger partial charge in [-0.3, -0.25) is 4.98 Å². The van der Waals surface area contributed by atoms with E-state index in [1.165, 1.54) is 5.56 Å². The van der Waals surface area contributed by atoms with Gasteiger partial charge in [0.05, 0.1) is 11.4 Å². The average molecular weight is 845 g/mol. The first-order valence-electron chi connectivity index (χ1n) is 21.9. The lowest BCUT2D eigenvalue weighted by Gasteiger charge is -2.13. The minimum Gasteiger partial charge on any atom is -0.265 e. The van der Waals surface area contributed by atoms with Gasteiger partial charge < -0.3 is 0 Å². The molecule has 11 aromatic rings. The zero-order valence-corrected chi connectivity index (χ0v) is 35.8. The molecule has 0 N–H and O–H groups in total. The van der Waals surface area contributed by atoms with Crippen LogP contribution in [0.25, 0.3) is 113 Å². The van der Waals surface area contributed by atoms with Crippen molar-refractivity contribution in [3.63, 3.8) is 0 Å². The lowest BCUT2D eigenvalue weighted by atomic mass is 9.93. The SMILES string of the molecule is c1ccc(-c2ccc(-c3cc(-c4ccc(-c5cc(-c6ccncc6)cc(-c6ccc(-c7nc(-c8ccccc8)nc(-c8ccccc8)n7)cc6)c5)cc4)nc(-c4ccccc4)n3)cc2)cc1. The lowest BCUT2D eigenvalue weighted by Crippen LogP contribution is -2.00. The zero-order chi connectivity index (χ0) is 44.1. The summed E-state index contributed by atoms with van der Waals surface area (Å²) < 4.78 is 0. The Morgan fingerprint density at radius 2 is 0.439 bits per heavy atom. The van der Waals surface area contributed by atoms with Gasteiger partial charge in [-0.15, -0.1) is 0 Å². The van der Waals surface area contributed by atoms with E-state index in [1.54, 1.807) is 0 Å². The van der Waals surface area contributed by atoms with Crippen molar-refractivity contribution in [2.75, 3.05) is 0 Å². The Hall–Kier alpha value is -9.00. The molecule has 0 saturated carbocycles. The first kappa shape index (κ1) is 39.8. The topological polar surface area (TPSA) is 77.3 Å². The van der Waals surface area contributed by atoms with Gasteiger partial charge in [-0.2, -0.15) is 0 Å². The van der Waals surface area contributed by atoms with Crippen molar-refractivity contribution >= 4 is 0 Å². The number of hydrogen-bond donors (Lipinski definition) is 0. The summed E-state index contributed by atoms with van der Waals surface area (Å²) in [4.78, 5) is 29.3. The zero-order valence-electron chi connectivity index (χ0n) is 35.8. The molecule has 0 unspecified atom stereocenters. The molecular formula is C60H40N6. The summed E-state index contributed by atoms with van der Waals surface area (Å²) in [7, 11) is 0. The minimum absolute atomic E-state index is 0.619. The van der Waals surface area contributed by atoms with Crippen LogP contribution >= 0.6 is 0 Å². The van der Waals surface area contributed by atoms with Crippen molar-refractivity contribution in [2.24, 2.45) is 0 Å². The molecule has 8 aromatic carbocycles. The van der Waals surface area contributed by atoms with E-state index in [4.69, 9.17) is 24.9 Å². The fraction of sp³-hybridized carbons (Fsp3) is 0. The van der Waals surface area contributed by atoms with Crippen LogP contribution in [-0.2, 0) is 0 Å². The van der Waals surface area contributed by atoms with Crippen LogP contribution in [0.4, 0.5) is 0 Å². The monoisotopic (exact) mass is 844 g/mol. The summed E-state index contributed by atoms with van der Waals surface area (Å²) in [6.45, 7) is 0. The van der Waals surface area contributed by atoms with Crippen molar-refractivity contribution in [3.8, 4) is 113 Å². The van der Waals surface area contributed by atoms with Gasteiger partial charge in [-0.05, 0) is 80.9 Å². The number of pyridine rings is 1. The molecule has 310 valence electrons. The molecule has 0 atom stereocenters. The summed E-state index contributed by atoms with van der Waals surface area (Å²) >= 11 is 0. The molecule has 3 aromatic heterocycles. The quantitative estimate of drug-likeness (QED) is 0.136. The summed E-state index contributed by atoms with van der Waals surface area (Å²) in [5.74, 6) is 2.57. The molecule has 0 fully saturated rings. The highest BCUT2D eigenvalue weighted by Crippen LogP contribution is 2.36. The predicted molar refractivity (Wildman–Crippen MR) is 268 cm³/mol. The van der Waals surface area contributed by atoms with E-state index in [9.17, 15) is 0 Å². The second-order valence-corrected chi connectivity index (χ2v) is 16.0. The number of rotatable bonds is 10. The second kappa shape index (κ2) is 18.0.